The molecule has 0 saturated heterocycles. The van der Waals surface area contributed by atoms with Crippen LogP contribution in [-0.4, -0.2) is 21.4 Å². The summed E-state index contributed by atoms with van der Waals surface area (Å²) in [4.78, 5) is 12.2. The molecule has 0 aliphatic carbocycles. The maximum atomic E-state index is 13.0. The summed E-state index contributed by atoms with van der Waals surface area (Å²) in [6.07, 6.45) is -5.03. The zero-order chi connectivity index (χ0) is 13.2. The molecule has 0 radical (unpaired) electrons. The standard InChI is InChI=1S/C7H4F4N2O4/c8-4-1-12-6(13(15)16)3(2-14)5(4)17-7(9,10)11/h1,14H,2H2. The smallest absolute Gasteiger partial charge is 0.402 e. The second kappa shape index (κ2) is 4.49. The van der Waals surface area contributed by atoms with Gasteiger partial charge in [0.15, 0.2) is 11.9 Å². The van der Waals surface area contributed by atoms with Crippen LogP contribution in [0.15, 0.2) is 6.20 Å². The first-order valence-electron chi connectivity index (χ1n) is 3.94. The van der Waals surface area contributed by atoms with Crippen molar-refractivity contribution in [3.63, 3.8) is 0 Å². The molecule has 0 spiro atoms. The molecule has 94 valence electrons. The van der Waals surface area contributed by atoms with E-state index in [1.165, 1.54) is 0 Å². The van der Waals surface area contributed by atoms with Crippen molar-refractivity contribution in [2.24, 2.45) is 0 Å². The fourth-order valence-corrected chi connectivity index (χ4v) is 1.03. The van der Waals surface area contributed by atoms with E-state index in [4.69, 9.17) is 5.11 Å². The number of rotatable bonds is 3. The summed E-state index contributed by atoms with van der Waals surface area (Å²) in [6, 6.07) is 0. The first-order chi connectivity index (χ1) is 7.76. The van der Waals surface area contributed by atoms with Gasteiger partial charge in [-0.25, -0.2) is 0 Å². The summed E-state index contributed by atoms with van der Waals surface area (Å²) in [7, 11) is 0. The van der Waals surface area contributed by atoms with E-state index < -0.39 is 40.8 Å². The third-order valence-electron chi connectivity index (χ3n) is 1.61. The quantitative estimate of drug-likeness (QED) is 0.503. The zero-order valence-electron chi connectivity index (χ0n) is 7.86. The number of aromatic nitrogens is 1. The Bertz CT molecular complexity index is 448. The highest BCUT2D eigenvalue weighted by molar-refractivity contribution is 5.44. The summed E-state index contributed by atoms with van der Waals surface area (Å²) in [5.74, 6) is -4.12. The fraction of sp³-hybridized carbons (Fsp3) is 0.286. The minimum absolute atomic E-state index is 0.207. The topological polar surface area (TPSA) is 85.5 Å². The molecule has 0 aliphatic rings. The van der Waals surface area contributed by atoms with Crippen LogP contribution in [0.25, 0.3) is 0 Å². The Labute approximate surface area is 90.6 Å². The van der Waals surface area contributed by atoms with Gasteiger partial charge in [0.05, 0.1) is 6.61 Å². The summed E-state index contributed by atoms with van der Waals surface area (Å²) in [5, 5.41) is 19.1. The second-order valence-electron chi connectivity index (χ2n) is 2.70. The van der Waals surface area contributed by atoms with Crippen molar-refractivity contribution >= 4 is 5.82 Å². The Morgan fingerprint density at radius 3 is 2.53 bits per heavy atom. The van der Waals surface area contributed by atoms with Gasteiger partial charge in [0.25, 0.3) is 0 Å². The Balaban J connectivity index is 3.35. The Morgan fingerprint density at radius 1 is 1.53 bits per heavy atom. The molecule has 0 aliphatic heterocycles. The molecule has 0 aromatic carbocycles. The van der Waals surface area contributed by atoms with Gasteiger partial charge in [-0.05, 0) is 9.91 Å². The highest BCUT2D eigenvalue weighted by atomic mass is 19.4. The lowest BCUT2D eigenvalue weighted by atomic mass is 10.2. The average molecular weight is 256 g/mol. The van der Waals surface area contributed by atoms with Gasteiger partial charge in [-0.1, -0.05) is 0 Å². The normalized spacial score (nSPS) is 11.4. The van der Waals surface area contributed by atoms with E-state index in [2.05, 4.69) is 9.72 Å². The molecule has 0 bridgehead atoms. The molecule has 1 aromatic heterocycles. The van der Waals surface area contributed by atoms with E-state index >= 15 is 0 Å². The number of hydrogen-bond acceptors (Lipinski definition) is 5. The average Bonchev–Trinajstić information content (AvgIpc) is 2.18. The molecule has 1 heterocycles. The van der Waals surface area contributed by atoms with Gasteiger partial charge < -0.3 is 20.0 Å². The largest absolute Gasteiger partial charge is 0.573 e. The van der Waals surface area contributed by atoms with Crippen LogP contribution in [0.5, 0.6) is 5.75 Å². The van der Waals surface area contributed by atoms with Crippen LogP contribution >= 0.6 is 0 Å². The molecular weight excluding hydrogens is 252 g/mol. The molecule has 1 rings (SSSR count). The lowest BCUT2D eigenvalue weighted by molar-refractivity contribution is -0.390. The number of nitrogens with zero attached hydrogens (tertiary/aromatic N) is 2. The fourth-order valence-electron chi connectivity index (χ4n) is 1.03. The van der Waals surface area contributed by atoms with Crippen LogP contribution in [0.3, 0.4) is 0 Å². The number of hydrogen-bond donors (Lipinski definition) is 1. The number of ether oxygens (including phenoxy) is 1. The van der Waals surface area contributed by atoms with Crippen molar-refractivity contribution < 1.29 is 32.3 Å². The SMILES string of the molecule is O=[N+]([O-])c1ncc(F)c(OC(F)(F)F)c1CO. The number of pyridine rings is 1. The maximum absolute atomic E-state index is 13.0. The lowest BCUT2D eigenvalue weighted by Gasteiger charge is -2.11. The molecule has 0 fully saturated rings. The predicted molar refractivity (Wildman–Crippen MR) is 43.5 cm³/mol. The second-order valence-corrected chi connectivity index (χ2v) is 2.70. The van der Waals surface area contributed by atoms with Crippen LogP contribution in [0.4, 0.5) is 23.4 Å². The van der Waals surface area contributed by atoms with Crippen LogP contribution in [-0.2, 0) is 6.61 Å². The molecule has 0 saturated carbocycles. The van der Waals surface area contributed by atoms with Crippen LogP contribution in [0.1, 0.15) is 5.56 Å². The molecule has 6 nitrogen and oxygen atoms in total. The number of nitro groups is 1. The van der Waals surface area contributed by atoms with Crippen molar-refractivity contribution in [2.75, 3.05) is 0 Å². The summed E-state index contributed by atoms with van der Waals surface area (Å²) in [5.41, 5.74) is -0.979. The van der Waals surface area contributed by atoms with E-state index in [-0.39, 0.29) is 6.20 Å². The molecule has 0 amide bonds. The van der Waals surface area contributed by atoms with Crippen molar-refractivity contribution in [3.05, 3.63) is 27.7 Å². The van der Waals surface area contributed by atoms with E-state index in [0.717, 1.165) is 0 Å². The van der Waals surface area contributed by atoms with Gasteiger partial charge in [-0.3, -0.25) is 0 Å². The number of aliphatic hydroxyl groups excluding tert-OH is 1. The van der Waals surface area contributed by atoms with Gasteiger partial charge in [0.1, 0.15) is 5.56 Å². The van der Waals surface area contributed by atoms with Crippen LogP contribution in [0.2, 0.25) is 0 Å². The lowest BCUT2D eigenvalue weighted by Crippen LogP contribution is -2.20. The molecule has 1 aromatic rings. The number of aliphatic hydroxyl groups is 1. The van der Waals surface area contributed by atoms with Crippen molar-refractivity contribution in [2.45, 2.75) is 13.0 Å². The number of halogens is 4. The molecule has 10 heteroatoms. The van der Waals surface area contributed by atoms with Crippen molar-refractivity contribution in [1.82, 2.24) is 4.98 Å². The highest BCUT2D eigenvalue weighted by Crippen LogP contribution is 2.33. The predicted octanol–water partition coefficient (Wildman–Crippen LogP) is 1.52. The first kappa shape index (κ1) is 13.1. The van der Waals surface area contributed by atoms with Gasteiger partial charge in [0, 0.05) is 0 Å². The van der Waals surface area contributed by atoms with E-state index in [9.17, 15) is 27.7 Å². The summed E-state index contributed by atoms with van der Waals surface area (Å²) < 4.78 is 52.0. The highest BCUT2D eigenvalue weighted by Gasteiger charge is 2.36. The monoisotopic (exact) mass is 256 g/mol. The van der Waals surface area contributed by atoms with Crippen molar-refractivity contribution in [1.29, 1.82) is 0 Å². The first-order valence-corrected chi connectivity index (χ1v) is 3.94. The van der Waals surface area contributed by atoms with Gasteiger partial charge in [-0.2, -0.15) is 4.39 Å². The van der Waals surface area contributed by atoms with E-state index in [0.29, 0.717) is 0 Å². The van der Waals surface area contributed by atoms with Gasteiger partial charge >= 0.3 is 12.2 Å². The zero-order valence-corrected chi connectivity index (χ0v) is 7.86. The van der Waals surface area contributed by atoms with E-state index in [1.807, 2.05) is 0 Å². The van der Waals surface area contributed by atoms with Gasteiger partial charge in [0.2, 0.25) is 5.82 Å². The molecule has 0 atom stereocenters. The minimum Gasteiger partial charge on any atom is -0.402 e. The molecule has 17 heavy (non-hydrogen) atoms. The third-order valence-corrected chi connectivity index (χ3v) is 1.61. The Morgan fingerprint density at radius 2 is 2.12 bits per heavy atom. The molecular formula is C7H4F4N2O4. The van der Waals surface area contributed by atoms with Crippen molar-refractivity contribution in [3.8, 4) is 5.75 Å². The van der Waals surface area contributed by atoms with Crippen LogP contribution < -0.4 is 4.74 Å². The Kier molecular flexibility index (Phi) is 3.46. The molecule has 1 N–H and O–H groups in total. The number of alkyl halides is 3. The van der Waals surface area contributed by atoms with Crippen LogP contribution in [0, 0.1) is 15.9 Å². The van der Waals surface area contributed by atoms with E-state index in [1.54, 1.807) is 0 Å². The third kappa shape index (κ3) is 3.00. The summed E-state index contributed by atoms with van der Waals surface area (Å²) >= 11 is 0. The maximum Gasteiger partial charge on any atom is 0.573 e. The van der Waals surface area contributed by atoms with Gasteiger partial charge in [-0.15, -0.1) is 13.2 Å². The minimum atomic E-state index is -5.24. The summed E-state index contributed by atoms with van der Waals surface area (Å²) in [6.45, 7) is -1.22. The molecule has 0 unspecified atom stereocenters. The Hall–Kier alpha value is -1.97.